The number of nitrogens with one attached hydrogen (secondary N) is 2. The lowest BCUT2D eigenvalue weighted by Gasteiger charge is -2.20. The molecule has 3 atom stereocenters. The molecule has 2 aromatic rings. The summed E-state index contributed by atoms with van der Waals surface area (Å²) in [7, 11) is 0. The van der Waals surface area contributed by atoms with Crippen LogP contribution in [0.1, 0.15) is 29.8 Å². The number of fused-ring (bicyclic) bond motifs is 2. The topological polar surface area (TPSA) is 67.2 Å². The summed E-state index contributed by atoms with van der Waals surface area (Å²) in [6.45, 7) is 0. The third kappa shape index (κ3) is 2.40. The van der Waals surface area contributed by atoms with E-state index in [2.05, 4.69) is 15.6 Å². The van der Waals surface area contributed by atoms with Crippen LogP contribution in [0, 0.1) is 0 Å². The highest BCUT2D eigenvalue weighted by Gasteiger charge is 2.39. The quantitative estimate of drug-likeness (QED) is 0.913. The van der Waals surface area contributed by atoms with Crippen molar-refractivity contribution < 1.29 is 9.21 Å². The molecule has 2 N–H and O–H groups in total. The van der Waals surface area contributed by atoms with Gasteiger partial charge in [0.1, 0.15) is 5.69 Å². The highest BCUT2D eigenvalue weighted by Crippen LogP contribution is 2.29. The van der Waals surface area contributed by atoms with Crippen molar-refractivity contribution in [2.24, 2.45) is 0 Å². The van der Waals surface area contributed by atoms with Gasteiger partial charge in [0, 0.05) is 24.3 Å². The second-order valence-electron chi connectivity index (χ2n) is 5.86. The van der Waals surface area contributed by atoms with Crippen LogP contribution in [0.25, 0.3) is 11.5 Å². The molecule has 1 amide bonds. The Labute approximate surface area is 133 Å². The molecule has 2 saturated heterocycles. The van der Waals surface area contributed by atoms with Crippen molar-refractivity contribution in [2.45, 2.75) is 37.4 Å². The predicted octanol–water partition coefficient (Wildman–Crippen LogP) is 2.62. The normalized spacial score (nSPS) is 26.3. The zero-order valence-corrected chi connectivity index (χ0v) is 12.6. The largest absolute Gasteiger partial charge is 0.449 e. The molecule has 22 heavy (non-hydrogen) atoms. The van der Waals surface area contributed by atoms with E-state index in [0.717, 1.165) is 12.8 Å². The summed E-state index contributed by atoms with van der Waals surface area (Å²) in [5, 5.41) is 7.06. The van der Waals surface area contributed by atoms with E-state index in [1.807, 2.05) is 0 Å². The van der Waals surface area contributed by atoms with Gasteiger partial charge < -0.3 is 15.1 Å². The number of aromatic nitrogens is 1. The number of rotatable bonds is 3. The third-order valence-corrected chi connectivity index (χ3v) is 4.74. The van der Waals surface area contributed by atoms with Crippen LogP contribution < -0.4 is 10.6 Å². The fraction of sp³-hybridized carbons (Fsp3) is 0.375. The number of hydrogen-bond acceptors (Lipinski definition) is 4. The van der Waals surface area contributed by atoms with Crippen molar-refractivity contribution in [3.8, 4) is 11.5 Å². The first-order valence-electron chi connectivity index (χ1n) is 7.48. The number of carbonyl (C=O) groups is 1. The maximum absolute atomic E-state index is 12.3. The van der Waals surface area contributed by atoms with Gasteiger partial charge in [-0.2, -0.15) is 0 Å². The van der Waals surface area contributed by atoms with Crippen molar-refractivity contribution >= 4 is 17.5 Å². The van der Waals surface area contributed by atoms with Crippen LogP contribution in [0.2, 0.25) is 5.02 Å². The number of hydrogen-bond donors (Lipinski definition) is 2. The molecule has 114 valence electrons. The number of carbonyl (C=O) groups excluding carboxylic acids is 1. The van der Waals surface area contributed by atoms with Crippen molar-refractivity contribution in [1.82, 2.24) is 15.6 Å². The molecule has 2 aliphatic heterocycles. The maximum atomic E-state index is 12.3. The lowest BCUT2D eigenvalue weighted by molar-refractivity contribution is 0.0903. The second-order valence-corrected chi connectivity index (χ2v) is 6.27. The Morgan fingerprint density at radius 1 is 1.36 bits per heavy atom. The molecule has 0 aliphatic carbocycles. The summed E-state index contributed by atoms with van der Waals surface area (Å²) in [5.74, 6) is 0.610. The Morgan fingerprint density at radius 3 is 3.00 bits per heavy atom. The highest BCUT2D eigenvalue weighted by molar-refractivity contribution is 6.32. The molecule has 4 heterocycles. The monoisotopic (exact) mass is 317 g/mol. The average Bonchev–Trinajstić information content (AvgIpc) is 3.24. The molecule has 0 aromatic carbocycles. The average molecular weight is 318 g/mol. The summed E-state index contributed by atoms with van der Waals surface area (Å²) in [6.07, 6.45) is 4.98. The van der Waals surface area contributed by atoms with E-state index >= 15 is 0 Å². The summed E-state index contributed by atoms with van der Waals surface area (Å²) < 4.78 is 5.62. The Kier molecular flexibility index (Phi) is 3.39. The van der Waals surface area contributed by atoms with Crippen LogP contribution in [0.4, 0.5) is 0 Å². The first-order valence-corrected chi connectivity index (χ1v) is 7.86. The SMILES string of the molecule is O=C(N[C@@H]1C[C@H]2CC[C@@H]1N2)c1ccc(-c2ncccc2Cl)o1. The Morgan fingerprint density at radius 2 is 2.27 bits per heavy atom. The molecule has 2 aliphatic rings. The van der Waals surface area contributed by atoms with Gasteiger partial charge in [-0.05, 0) is 43.5 Å². The molecule has 0 saturated carbocycles. The fourth-order valence-corrected chi connectivity index (χ4v) is 3.59. The van der Waals surface area contributed by atoms with Crippen LogP contribution in [0.15, 0.2) is 34.9 Å². The molecule has 5 nitrogen and oxygen atoms in total. The van der Waals surface area contributed by atoms with Gasteiger partial charge >= 0.3 is 0 Å². The van der Waals surface area contributed by atoms with Crippen molar-refractivity contribution in [3.05, 3.63) is 41.2 Å². The van der Waals surface area contributed by atoms with Gasteiger partial charge in [0.15, 0.2) is 11.5 Å². The molecule has 0 radical (unpaired) electrons. The number of pyridine rings is 1. The summed E-state index contributed by atoms with van der Waals surface area (Å²) in [4.78, 5) is 16.5. The van der Waals surface area contributed by atoms with E-state index < -0.39 is 0 Å². The molecule has 4 rings (SSSR count). The molecular formula is C16H16ClN3O2. The van der Waals surface area contributed by atoms with E-state index in [1.54, 1.807) is 30.5 Å². The zero-order chi connectivity index (χ0) is 15.1. The van der Waals surface area contributed by atoms with E-state index in [9.17, 15) is 4.79 Å². The van der Waals surface area contributed by atoms with Crippen LogP contribution in [-0.2, 0) is 0 Å². The lowest BCUT2D eigenvalue weighted by atomic mass is 9.95. The van der Waals surface area contributed by atoms with Gasteiger partial charge in [0.05, 0.1) is 5.02 Å². The van der Waals surface area contributed by atoms with Crippen LogP contribution >= 0.6 is 11.6 Å². The molecular weight excluding hydrogens is 302 g/mol. The maximum Gasteiger partial charge on any atom is 0.287 e. The van der Waals surface area contributed by atoms with E-state index in [4.69, 9.17) is 16.0 Å². The molecule has 2 fully saturated rings. The van der Waals surface area contributed by atoms with Gasteiger partial charge in [-0.3, -0.25) is 9.78 Å². The Bertz CT molecular complexity index is 715. The number of amides is 1. The van der Waals surface area contributed by atoms with Crippen molar-refractivity contribution in [3.63, 3.8) is 0 Å². The first kappa shape index (κ1) is 13.8. The van der Waals surface area contributed by atoms with Gasteiger partial charge in [-0.1, -0.05) is 11.6 Å². The van der Waals surface area contributed by atoms with Crippen molar-refractivity contribution in [1.29, 1.82) is 0 Å². The second kappa shape index (κ2) is 5.41. The van der Waals surface area contributed by atoms with Crippen LogP contribution in [0.3, 0.4) is 0 Å². The Balaban J connectivity index is 1.49. The Hall–Kier alpha value is -1.85. The standard InChI is InChI=1S/C16H16ClN3O2/c17-10-2-1-7-18-15(10)13-5-6-14(22-13)16(21)20-12-8-9-3-4-11(12)19-9/h1-2,5-7,9,11-12,19H,3-4,8H2,(H,20,21)/t9-,11+,12-/m1/s1. The third-order valence-electron chi connectivity index (χ3n) is 4.44. The molecule has 0 spiro atoms. The van der Waals surface area contributed by atoms with Gasteiger partial charge in [0.2, 0.25) is 0 Å². The zero-order valence-electron chi connectivity index (χ0n) is 11.9. The number of halogens is 1. The number of furan rings is 1. The highest BCUT2D eigenvalue weighted by atomic mass is 35.5. The predicted molar refractivity (Wildman–Crippen MR) is 82.8 cm³/mol. The molecule has 2 bridgehead atoms. The molecule has 0 unspecified atom stereocenters. The van der Waals surface area contributed by atoms with Gasteiger partial charge in [-0.15, -0.1) is 0 Å². The van der Waals surface area contributed by atoms with Crippen LogP contribution in [-0.4, -0.2) is 29.0 Å². The number of nitrogens with zero attached hydrogens (tertiary/aromatic N) is 1. The minimum Gasteiger partial charge on any atom is -0.449 e. The van der Waals surface area contributed by atoms with Crippen molar-refractivity contribution in [2.75, 3.05) is 0 Å². The van der Waals surface area contributed by atoms with Gasteiger partial charge in [0.25, 0.3) is 5.91 Å². The van der Waals surface area contributed by atoms with Crippen LogP contribution in [0.5, 0.6) is 0 Å². The smallest absolute Gasteiger partial charge is 0.287 e. The summed E-state index contributed by atoms with van der Waals surface area (Å²) in [5.41, 5.74) is 0.546. The summed E-state index contributed by atoms with van der Waals surface area (Å²) in [6, 6.07) is 8.03. The minimum absolute atomic E-state index is 0.183. The minimum atomic E-state index is -0.183. The summed E-state index contributed by atoms with van der Waals surface area (Å²) >= 11 is 6.10. The first-order chi connectivity index (χ1) is 10.7. The molecule has 2 aromatic heterocycles. The van der Waals surface area contributed by atoms with E-state index in [0.29, 0.717) is 34.3 Å². The molecule has 6 heteroatoms. The van der Waals surface area contributed by atoms with Gasteiger partial charge in [-0.25, -0.2) is 0 Å². The lowest BCUT2D eigenvalue weighted by Crippen LogP contribution is -2.42. The van der Waals surface area contributed by atoms with E-state index in [-0.39, 0.29) is 11.9 Å². The fourth-order valence-electron chi connectivity index (χ4n) is 3.38. The van der Waals surface area contributed by atoms with E-state index in [1.165, 1.54) is 6.42 Å².